The molecule has 0 fully saturated rings. The first kappa shape index (κ1) is 21.4. The molecule has 2 aromatic rings. The van der Waals surface area contributed by atoms with Gasteiger partial charge in [0.2, 0.25) is 5.75 Å². The number of nitrogens with zero attached hydrogens (tertiary/aromatic N) is 3. The van der Waals surface area contributed by atoms with Crippen LogP contribution >= 0.6 is 15.9 Å². The molecule has 29 heavy (non-hydrogen) atoms. The highest BCUT2D eigenvalue weighted by Crippen LogP contribution is 2.33. The normalized spacial score (nSPS) is 10.5. The highest BCUT2D eigenvalue weighted by atomic mass is 79.9. The zero-order valence-electron chi connectivity index (χ0n) is 14.4. The van der Waals surface area contributed by atoms with Crippen molar-refractivity contribution >= 4 is 45.3 Å². The predicted octanol–water partition coefficient (Wildman–Crippen LogP) is 1.85. The fourth-order valence-corrected chi connectivity index (χ4v) is 2.55. The minimum atomic E-state index is -0.991. The van der Waals surface area contributed by atoms with Crippen LogP contribution in [0.2, 0.25) is 0 Å². The van der Waals surface area contributed by atoms with Crippen molar-refractivity contribution in [3.05, 3.63) is 72.2 Å². The number of amides is 2. The second-order valence-corrected chi connectivity index (χ2v) is 6.23. The van der Waals surface area contributed by atoms with Crippen LogP contribution in [0.4, 0.5) is 11.4 Å². The van der Waals surface area contributed by atoms with Crippen LogP contribution in [0.1, 0.15) is 15.9 Å². The number of rotatable bonds is 7. The Balaban J connectivity index is 2.03. The average Bonchev–Trinajstić information content (AvgIpc) is 2.67. The molecule has 150 valence electrons. The number of benzene rings is 2. The standard InChI is InChI=1S/C16H12BrN5O7/c17-12-4-2-1-3-11(12)16(25)18-8-14(23)20-19-7-9-5-10(21(26)27)6-13(15(9)24)22(28)29/h1-7,24H,8H2,(H,18,25)(H,20,23). The molecule has 0 saturated carbocycles. The lowest BCUT2D eigenvalue weighted by atomic mass is 10.1. The van der Waals surface area contributed by atoms with Crippen LogP contribution in [-0.4, -0.2) is 39.5 Å². The average molecular weight is 466 g/mol. The first-order chi connectivity index (χ1) is 13.7. The van der Waals surface area contributed by atoms with Crippen molar-refractivity contribution in [2.24, 2.45) is 5.10 Å². The van der Waals surface area contributed by atoms with Gasteiger partial charge in [-0.1, -0.05) is 12.1 Å². The number of carbonyl (C=O) groups is 2. The number of hydrazone groups is 1. The van der Waals surface area contributed by atoms with E-state index in [-0.39, 0.29) is 5.56 Å². The molecular weight excluding hydrogens is 454 g/mol. The minimum Gasteiger partial charge on any atom is -0.502 e. The number of carbonyl (C=O) groups excluding carboxylic acids is 2. The number of aromatic hydroxyl groups is 1. The molecule has 0 unspecified atom stereocenters. The van der Waals surface area contributed by atoms with Gasteiger partial charge in [0.05, 0.1) is 39.8 Å². The predicted molar refractivity (Wildman–Crippen MR) is 104 cm³/mol. The summed E-state index contributed by atoms with van der Waals surface area (Å²) in [6.45, 7) is -0.432. The molecule has 0 bridgehead atoms. The Morgan fingerprint density at radius 1 is 1.17 bits per heavy atom. The SMILES string of the molecule is O=C(CNC(=O)c1ccccc1Br)NN=Cc1cc([N+](=O)[O-])cc([N+](=O)[O-])c1O. The van der Waals surface area contributed by atoms with Crippen molar-refractivity contribution < 1.29 is 24.5 Å². The maximum Gasteiger partial charge on any atom is 0.318 e. The van der Waals surface area contributed by atoms with Gasteiger partial charge in [0.25, 0.3) is 17.5 Å². The highest BCUT2D eigenvalue weighted by Gasteiger charge is 2.23. The molecule has 2 aromatic carbocycles. The van der Waals surface area contributed by atoms with E-state index in [0.717, 1.165) is 12.3 Å². The lowest BCUT2D eigenvalue weighted by Crippen LogP contribution is -2.35. The minimum absolute atomic E-state index is 0.317. The summed E-state index contributed by atoms with van der Waals surface area (Å²) in [5.41, 5.74) is 0.486. The maximum atomic E-state index is 12.0. The molecule has 3 N–H and O–H groups in total. The third-order valence-corrected chi connectivity index (χ3v) is 4.12. The van der Waals surface area contributed by atoms with E-state index in [1.54, 1.807) is 24.3 Å². The van der Waals surface area contributed by atoms with Crippen molar-refractivity contribution in [1.29, 1.82) is 0 Å². The number of phenolic OH excluding ortho intramolecular Hbond substituents is 1. The van der Waals surface area contributed by atoms with Crippen LogP contribution in [0, 0.1) is 20.2 Å². The van der Waals surface area contributed by atoms with Gasteiger partial charge < -0.3 is 10.4 Å². The molecule has 13 heteroatoms. The molecule has 0 aliphatic carbocycles. The summed E-state index contributed by atoms with van der Waals surface area (Å²) in [5.74, 6) is -2.09. The second-order valence-electron chi connectivity index (χ2n) is 5.37. The molecule has 2 amide bonds. The third-order valence-electron chi connectivity index (χ3n) is 3.43. The van der Waals surface area contributed by atoms with E-state index in [4.69, 9.17) is 0 Å². The Hall–Kier alpha value is -3.87. The molecule has 0 atom stereocenters. The van der Waals surface area contributed by atoms with E-state index in [1.807, 2.05) is 5.43 Å². The van der Waals surface area contributed by atoms with Gasteiger partial charge in [0.1, 0.15) is 0 Å². The summed E-state index contributed by atoms with van der Waals surface area (Å²) in [5, 5.41) is 37.4. The van der Waals surface area contributed by atoms with E-state index in [0.29, 0.717) is 16.1 Å². The van der Waals surface area contributed by atoms with Gasteiger partial charge in [-0.2, -0.15) is 5.10 Å². The second kappa shape index (κ2) is 9.36. The zero-order valence-corrected chi connectivity index (χ0v) is 16.0. The molecule has 0 aliphatic heterocycles. The number of hydrogen-bond acceptors (Lipinski definition) is 8. The molecule has 0 radical (unpaired) electrons. The van der Waals surface area contributed by atoms with E-state index in [9.17, 15) is 34.9 Å². The monoisotopic (exact) mass is 465 g/mol. The number of hydrogen-bond donors (Lipinski definition) is 3. The summed E-state index contributed by atoms with van der Waals surface area (Å²) >= 11 is 3.21. The molecule has 0 aliphatic rings. The number of halogens is 1. The fraction of sp³-hybridized carbons (Fsp3) is 0.0625. The van der Waals surface area contributed by atoms with Gasteiger partial charge in [-0.15, -0.1) is 0 Å². The number of non-ortho nitro benzene ring substituents is 1. The first-order valence-electron chi connectivity index (χ1n) is 7.71. The molecule has 0 spiro atoms. The van der Waals surface area contributed by atoms with Gasteiger partial charge in [0.15, 0.2) is 0 Å². The maximum absolute atomic E-state index is 12.0. The van der Waals surface area contributed by atoms with Crippen LogP contribution in [-0.2, 0) is 4.79 Å². The van der Waals surface area contributed by atoms with Gasteiger partial charge >= 0.3 is 5.69 Å². The van der Waals surface area contributed by atoms with Crippen LogP contribution in [0.15, 0.2) is 46.0 Å². The van der Waals surface area contributed by atoms with Crippen LogP contribution in [0.5, 0.6) is 5.75 Å². The summed E-state index contributed by atoms with van der Waals surface area (Å²) in [6, 6.07) is 8.03. The highest BCUT2D eigenvalue weighted by molar-refractivity contribution is 9.10. The number of nitro groups is 2. The summed E-state index contributed by atoms with van der Waals surface area (Å²) in [4.78, 5) is 43.6. The topological polar surface area (TPSA) is 177 Å². The molecule has 2 rings (SSSR count). The van der Waals surface area contributed by atoms with Gasteiger partial charge in [-0.3, -0.25) is 29.8 Å². The van der Waals surface area contributed by atoms with Crippen LogP contribution in [0.3, 0.4) is 0 Å². The first-order valence-corrected chi connectivity index (χ1v) is 8.50. The third kappa shape index (κ3) is 5.55. The Bertz CT molecular complexity index is 1020. The Kier molecular flexibility index (Phi) is 6.92. The van der Waals surface area contributed by atoms with E-state index < -0.39 is 45.3 Å². The van der Waals surface area contributed by atoms with E-state index in [2.05, 4.69) is 26.3 Å². The van der Waals surface area contributed by atoms with Crippen molar-refractivity contribution in [3.63, 3.8) is 0 Å². The number of nitro benzene ring substituents is 2. The molecule has 0 saturated heterocycles. The zero-order chi connectivity index (χ0) is 21.6. The smallest absolute Gasteiger partial charge is 0.318 e. The summed E-state index contributed by atoms with van der Waals surface area (Å²) in [6.07, 6.45) is 0.808. The van der Waals surface area contributed by atoms with Crippen molar-refractivity contribution in [3.8, 4) is 5.75 Å². The lowest BCUT2D eigenvalue weighted by Gasteiger charge is -2.06. The molecule has 0 aromatic heterocycles. The van der Waals surface area contributed by atoms with Crippen LogP contribution in [0.25, 0.3) is 0 Å². The Morgan fingerprint density at radius 3 is 2.48 bits per heavy atom. The lowest BCUT2D eigenvalue weighted by molar-refractivity contribution is -0.394. The quantitative estimate of drug-likeness (QED) is 0.317. The van der Waals surface area contributed by atoms with E-state index >= 15 is 0 Å². The van der Waals surface area contributed by atoms with Gasteiger partial charge in [-0.05, 0) is 28.1 Å². The number of nitrogens with one attached hydrogen (secondary N) is 2. The largest absolute Gasteiger partial charge is 0.502 e. The van der Waals surface area contributed by atoms with Crippen molar-refractivity contribution in [2.45, 2.75) is 0 Å². The van der Waals surface area contributed by atoms with Crippen LogP contribution < -0.4 is 10.7 Å². The van der Waals surface area contributed by atoms with E-state index in [1.165, 1.54) is 0 Å². The van der Waals surface area contributed by atoms with Gasteiger partial charge in [0, 0.05) is 10.5 Å². The summed E-state index contributed by atoms with van der Waals surface area (Å²) < 4.78 is 0.540. The van der Waals surface area contributed by atoms with Crippen molar-refractivity contribution in [1.82, 2.24) is 10.7 Å². The number of phenols is 1. The molecule has 0 heterocycles. The van der Waals surface area contributed by atoms with Gasteiger partial charge in [-0.25, -0.2) is 5.43 Å². The molecule has 12 nitrogen and oxygen atoms in total. The fourth-order valence-electron chi connectivity index (χ4n) is 2.08. The Labute approximate surface area is 170 Å². The van der Waals surface area contributed by atoms with Crippen molar-refractivity contribution in [2.75, 3.05) is 6.54 Å². The summed E-state index contributed by atoms with van der Waals surface area (Å²) in [7, 11) is 0. The Morgan fingerprint density at radius 2 is 1.86 bits per heavy atom. The molecular formula is C16H12BrN5O7.